The number of benzene rings is 1. The van der Waals surface area contributed by atoms with Gasteiger partial charge >= 0.3 is 11.9 Å². The number of carboxylic acids is 1. The van der Waals surface area contributed by atoms with Gasteiger partial charge in [0, 0.05) is 6.08 Å². The molecule has 1 heterocycles. The van der Waals surface area contributed by atoms with Gasteiger partial charge in [0.2, 0.25) is 0 Å². The Hall–Kier alpha value is -2.50. The smallest absolute Gasteiger partial charge is 0.332 e. The van der Waals surface area contributed by atoms with E-state index in [4.69, 9.17) is 14.2 Å². The molecule has 1 aliphatic heterocycles. The van der Waals surface area contributed by atoms with Crippen LogP contribution < -0.4 is 0 Å². The maximum absolute atomic E-state index is 11.9. The fraction of sp³-hybridized carbons (Fsp3) is 0.524. The van der Waals surface area contributed by atoms with Crippen molar-refractivity contribution >= 4 is 18.0 Å². The van der Waals surface area contributed by atoms with Crippen molar-refractivity contribution in [2.45, 2.75) is 57.1 Å². The number of aliphatic carboxylic acids is 1. The summed E-state index contributed by atoms with van der Waals surface area (Å²) in [6.45, 7) is 3.12. The molecule has 5 N–H and O–H groups in total. The van der Waals surface area contributed by atoms with Crippen molar-refractivity contribution in [2.24, 2.45) is 5.92 Å². The van der Waals surface area contributed by atoms with Crippen molar-refractivity contribution in [3.8, 4) is 5.75 Å². The summed E-state index contributed by atoms with van der Waals surface area (Å²) in [6, 6.07) is 6.08. The SMILES string of the molecule is CC(C)CC(O[C@@H]1O[C@H](COC(=O)/C=C/c2ccc(O)cc2)[C@@H](O)[C@H](O)[C@H]1O)C(=O)O. The maximum atomic E-state index is 11.9. The molecule has 1 saturated heterocycles. The first-order chi connectivity index (χ1) is 14.6. The summed E-state index contributed by atoms with van der Waals surface area (Å²) in [5.74, 6) is -1.95. The van der Waals surface area contributed by atoms with Crippen molar-refractivity contribution in [3.63, 3.8) is 0 Å². The number of aliphatic hydroxyl groups excluding tert-OH is 3. The van der Waals surface area contributed by atoms with Crippen molar-refractivity contribution in [3.05, 3.63) is 35.9 Å². The second-order valence-corrected chi connectivity index (χ2v) is 7.66. The molecule has 1 aromatic rings. The summed E-state index contributed by atoms with van der Waals surface area (Å²) in [5.41, 5.74) is 0.639. The molecule has 0 aliphatic carbocycles. The number of rotatable bonds is 9. The number of carbonyl (C=O) groups excluding carboxylic acids is 1. The van der Waals surface area contributed by atoms with Crippen LogP contribution in [0.3, 0.4) is 0 Å². The fourth-order valence-corrected chi connectivity index (χ4v) is 2.93. The summed E-state index contributed by atoms with van der Waals surface area (Å²) in [6.07, 6.45) is -6.32. The van der Waals surface area contributed by atoms with Crippen LogP contribution in [0.25, 0.3) is 6.08 Å². The molecular weight excluding hydrogens is 412 g/mol. The summed E-state index contributed by atoms with van der Waals surface area (Å²) >= 11 is 0. The second-order valence-electron chi connectivity index (χ2n) is 7.66. The molecule has 1 aromatic carbocycles. The van der Waals surface area contributed by atoms with E-state index >= 15 is 0 Å². The third kappa shape index (κ3) is 7.30. The number of hydrogen-bond donors (Lipinski definition) is 5. The Morgan fingerprint density at radius 2 is 1.74 bits per heavy atom. The minimum Gasteiger partial charge on any atom is -0.508 e. The van der Waals surface area contributed by atoms with E-state index in [1.54, 1.807) is 26.0 Å². The average molecular weight is 440 g/mol. The van der Waals surface area contributed by atoms with Crippen LogP contribution >= 0.6 is 0 Å². The number of aromatic hydroxyl groups is 1. The van der Waals surface area contributed by atoms with Crippen LogP contribution in [0.2, 0.25) is 0 Å². The predicted molar refractivity (Wildman–Crippen MR) is 107 cm³/mol. The molecule has 0 amide bonds. The van der Waals surface area contributed by atoms with Gasteiger partial charge in [-0.3, -0.25) is 0 Å². The van der Waals surface area contributed by atoms with E-state index in [0.717, 1.165) is 6.08 Å². The van der Waals surface area contributed by atoms with Crippen LogP contribution in [0.5, 0.6) is 5.75 Å². The largest absolute Gasteiger partial charge is 0.508 e. The summed E-state index contributed by atoms with van der Waals surface area (Å²) < 4.78 is 15.7. The first kappa shape index (κ1) is 24.8. The minimum absolute atomic E-state index is 0.0190. The Kier molecular flexibility index (Phi) is 8.96. The minimum atomic E-state index is -1.69. The van der Waals surface area contributed by atoms with Gasteiger partial charge in [0.05, 0.1) is 0 Å². The summed E-state index contributed by atoms with van der Waals surface area (Å²) in [7, 11) is 0. The number of carbonyl (C=O) groups is 2. The maximum Gasteiger partial charge on any atom is 0.332 e. The molecule has 1 unspecified atom stereocenters. The number of phenolic OH excluding ortho intramolecular Hbond substituents is 1. The fourth-order valence-electron chi connectivity index (χ4n) is 2.93. The molecule has 1 aliphatic rings. The Morgan fingerprint density at radius 3 is 2.32 bits per heavy atom. The molecule has 1 fully saturated rings. The van der Waals surface area contributed by atoms with Crippen LogP contribution in [-0.2, 0) is 23.8 Å². The van der Waals surface area contributed by atoms with E-state index in [9.17, 15) is 35.1 Å². The van der Waals surface area contributed by atoms with Crippen LogP contribution in [0.4, 0.5) is 0 Å². The Balaban J connectivity index is 1.97. The Morgan fingerprint density at radius 1 is 1.10 bits per heavy atom. The van der Waals surface area contributed by atoms with Gasteiger partial charge in [-0.05, 0) is 36.1 Å². The summed E-state index contributed by atoms with van der Waals surface area (Å²) in [4.78, 5) is 23.3. The molecule has 10 heteroatoms. The Bertz CT molecular complexity index is 760. The Labute approximate surface area is 179 Å². The lowest BCUT2D eigenvalue weighted by molar-refractivity contribution is -0.311. The first-order valence-electron chi connectivity index (χ1n) is 9.80. The van der Waals surface area contributed by atoms with Gasteiger partial charge in [-0.2, -0.15) is 0 Å². The molecule has 172 valence electrons. The zero-order valence-corrected chi connectivity index (χ0v) is 17.2. The van der Waals surface area contributed by atoms with Crippen LogP contribution in [-0.4, -0.2) is 80.9 Å². The highest BCUT2D eigenvalue weighted by Crippen LogP contribution is 2.25. The van der Waals surface area contributed by atoms with Gasteiger partial charge in [-0.1, -0.05) is 26.0 Å². The second kappa shape index (κ2) is 11.2. The molecular formula is C21H28O10. The molecule has 0 radical (unpaired) electrons. The monoisotopic (exact) mass is 440 g/mol. The third-order valence-electron chi connectivity index (χ3n) is 4.62. The van der Waals surface area contributed by atoms with Gasteiger partial charge < -0.3 is 39.7 Å². The predicted octanol–water partition coefficient (Wildman–Crippen LogP) is 0.272. The molecule has 31 heavy (non-hydrogen) atoms. The van der Waals surface area contributed by atoms with E-state index in [2.05, 4.69) is 0 Å². The highest BCUT2D eigenvalue weighted by molar-refractivity contribution is 5.87. The number of esters is 1. The van der Waals surface area contributed by atoms with Gasteiger partial charge in [-0.15, -0.1) is 0 Å². The van der Waals surface area contributed by atoms with E-state index in [0.29, 0.717) is 5.56 Å². The standard InChI is InChI=1S/C21H28O10/c1-11(2)9-14(20(27)28)30-21-19(26)18(25)17(24)15(31-21)10-29-16(23)8-5-12-3-6-13(22)7-4-12/h3-8,11,14-15,17-19,21-22,24-26H,9-10H2,1-2H3,(H,27,28)/b8-5+/t14?,15-,17-,18+,19-,21-/m1/s1. The van der Waals surface area contributed by atoms with Crippen molar-refractivity contribution in [1.29, 1.82) is 0 Å². The zero-order valence-electron chi connectivity index (χ0n) is 17.2. The van der Waals surface area contributed by atoms with Crippen molar-refractivity contribution < 1.29 is 49.3 Å². The molecule has 0 aromatic heterocycles. The van der Waals surface area contributed by atoms with Gasteiger partial charge in [0.1, 0.15) is 36.8 Å². The topological polar surface area (TPSA) is 163 Å². The lowest BCUT2D eigenvalue weighted by Crippen LogP contribution is -2.60. The number of aliphatic hydroxyl groups is 3. The molecule has 0 spiro atoms. The first-order valence-corrected chi connectivity index (χ1v) is 9.80. The van der Waals surface area contributed by atoms with Crippen LogP contribution in [0.15, 0.2) is 30.3 Å². The van der Waals surface area contributed by atoms with Crippen molar-refractivity contribution in [1.82, 2.24) is 0 Å². The number of carboxylic acid groups (broad SMARTS) is 1. The zero-order chi connectivity index (χ0) is 23.1. The molecule has 6 atom stereocenters. The normalized spacial score (nSPS) is 27.4. The highest BCUT2D eigenvalue weighted by Gasteiger charge is 2.46. The lowest BCUT2D eigenvalue weighted by Gasteiger charge is -2.40. The molecule has 0 bridgehead atoms. The number of ether oxygens (including phenoxy) is 3. The van der Waals surface area contributed by atoms with Crippen LogP contribution in [0, 0.1) is 5.92 Å². The van der Waals surface area contributed by atoms with Gasteiger partial charge in [0.25, 0.3) is 0 Å². The van der Waals surface area contributed by atoms with Crippen molar-refractivity contribution in [2.75, 3.05) is 6.61 Å². The van der Waals surface area contributed by atoms with Gasteiger partial charge in [-0.25, -0.2) is 9.59 Å². The van der Waals surface area contributed by atoms with Crippen LogP contribution in [0.1, 0.15) is 25.8 Å². The molecule has 10 nitrogen and oxygen atoms in total. The van der Waals surface area contributed by atoms with E-state index < -0.39 is 55.4 Å². The van der Waals surface area contributed by atoms with E-state index in [-0.39, 0.29) is 18.1 Å². The summed E-state index contributed by atoms with van der Waals surface area (Å²) in [5, 5.41) is 48.9. The van der Waals surface area contributed by atoms with Gasteiger partial charge in [0.15, 0.2) is 12.4 Å². The quantitative estimate of drug-likeness (QED) is 0.266. The number of hydrogen-bond acceptors (Lipinski definition) is 9. The highest BCUT2D eigenvalue weighted by atomic mass is 16.7. The molecule has 0 saturated carbocycles. The lowest BCUT2D eigenvalue weighted by atomic mass is 9.99. The average Bonchev–Trinajstić information content (AvgIpc) is 2.71. The van der Waals surface area contributed by atoms with E-state index in [1.807, 2.05) is 0 Å². The third-order valence-corrected chi connectivity index (χ3v) is 4.62. The molecule has 2 rings (SSSR count). The number of phenols is 1. The van der Waals surface area contributed by atoms with E-state index in [1.165, 1.54) is 18.2 Å².